The Kier molecular flexibility index (Phi) is 5.90. The molecule has 1 aromatic carbocycles. The fraction of sp³-hybridized carbons (Fsp3) is 0.586. The van der Waals surface area contributed by atoms with Crippen LogP contribution in [0.15, 0.2) is 47.6 Å². The molecule has 0 saturated heterocycles. The Labute approximate surface area is 217 Å². The highest BCUT2D eigenvalue weighted by Gasteiger charge is 2.76. The molecule has 37 heavy (non-hydrogen) atoms. The van der Waals surface area contributed by atoms with Crippen LogP contribution in [0.4, 0.5) is 10.5 Å². The zero-order valence-electron chi connectivity index (χ0n) is 22.3. The molecular weight excluding hydrogens is 474 g/mol. The molecule has 8 atom stereocenters. The number of carbonyl (C=O) groups excluding carboxylic acids is 2. The van der Waals surface area contributed by atoms with Gasteiger partial charge in [-0.25, -0.2) is 4.79 Å². The smallest absolute Gasteiger partial charge is 0.414 e. The number of hydrogen-bond donors (Lipinski definition) is 3. The molecule has 4 aliphatic rings. The van der Waals surface area contributed by atoms with Crippen LogP contribution in [0.1, 0.15) is 34.1 Å². The van der Waals surface area contributed by atoms with E-state index in [1.54, 1.807) is 50.4 Å². The number of ether oxygens (including phenoxy) is 2. The molecular formula is C29H37NO7. The summed E-state index contributed by atoms with van der Waals surface area (Å²) >= 11 is 0. The average molecular weight is 512 g/mol. The third-order valence-electron chi connectivity index (χ3n) is 9.83. The number of nitrogens with zero attached hydrogens (tertiary/aromatic N) is 1. The van der Waals surface area contributed by atoms with Crippen molar-refractivity contribution in [2.24, 2.45) is 34.5 Å². The number of allylic oxidation sites excluding steroid dienone is 1. The topological polar surface area (TPSA) is 117 Å². The van der Waals surface area contributed by atoms with Crippen molar-refractivity contribution >= 4 is 17.6 Å². The van der Waals surface area contributed by atoms with E-state index in [1.807, 2.05) is 6.92 Å². The average Bonchev–Trinajstić information content (AvgIpc) is 3.36. The Morgan fingerprint density at radius 1 is 1.27 bits per heavy atom. The maximum Gasteiger partial charge on any atom is 0.414 e. The highest BCUT2D eigenvalue weighted by molar-refractivity contribution is 5.96. The zero-order chi connectivity index (χ0) is 27.1. The maximum absolute atomic E-state index is 14.4. The van der Waals surface area contributed by atoms with Crippen LogP contribution in [0.3, 0.4) is 0 Å². The number of aliphatic hydroxyl groups excluding tert-OH is 2. The lowest BCUT2D eigenvalue weighted by Gasteiger charge is -2.48. The van der Waals surface area contributed by atoms with Crippen molar-refractivity contribution in [2.75, 3.05) is 25.7 Å². The van der Waals surface area contributed by atoms with Crippen molar-refractivity contribution in [1.29, 1.82) is 0 Å². The van der Waals surface area contributed by atoms with E-state index in [-0.39, 0.29) is 34.5 Å². The Balaban J connectivity index is 1.57. The lowest BCUT2D eigenvalue weighted by molar-refractivity contribution is -0.189. The summed E-state index contributed by atoms with van der Waals surface area (Å²) in [7, 11) is 3.07. The van der Waals surface area contributed by atoms with Gasteiger partial charge in [-0.2, -0.15) is 0 Å². The fourth-order valence-corrected chi connectivity index (χ4v) is 7.70. The van der Waals surface area contributed by atoms with Crippen molar-refractivity contribution in [3.63, 3.8) is 0 Å². The summed E-state index contributed by atoms with van der Waals surface area (Å²) in [4.78, 5) is 29.0. The molecule has 8 nitrogen and oxygen atoms in total. The van der Waals surface area contributed by atoms with Gasteiger partial charge in [-0.1, -0.05) is 39.0 Å². The van der Waals surface area contributed by atoms with Crippen LogP contribution in [0.2, 0.25) is 0 Å². The molecule has 8 heteroatoms. The van der Waals surface area contributed by atoms with Gasteiger partial charge >= 0.3 is 6.09 Å². The summed E-state index contributed by atoms with van der Waals surface area (Å²) < 4.78 is 11.2. The first-order valence-corrected chi connectivity index (χ1v) is 12.9. The molecule has 200 valence electrons. The molecule has 0 unspecified atom stereocenters. The summed E-state index contributed by atoms with van der Waals surface area (Å²) in [6.07, 6.45) is 0.458. The van der Waals surface area contributed by atoms with Crippen molar-refractivity contribution < 1.29 is 34.4 Å². The zero-order valence-corrected chi connectivity index (χ0v) is 22.3. The van der Waals surface area contributed by atoms with E-state index in [9.17, 15) is 24.9 Å². The number of Topliss-reactive ketones (excluding diaryl/α,β-unsaturated/α-hetero) is 1. The quantitative estimate of drug-likeness (QED) is 0.532. The summed E-state index contributed by atoms with van der Waals surface area (Å²) in [5, 5.41) is 34.3. The molecule has 2 fully saturated rings. The number of anilines is 1. The van der Waals surface area contributed by atoms with Gasteiger partial charge in [0.05, 0.1) is 24.8 Å². The number of ketones is 1. The second-order valence-corrected chi connectivity index (χ2v) is 11.9. The highest BCUT2D eigenvalue weighted by atomic mass is 16.6. The Hall–Kier alpha value is -2.68. The highest BCUT2D eigenvalue weighted by Crippen LogP contribution is 2.71. The van der Waals surface area contributed by atoms with Crippen molar-refractivity contribution in [3.8, 4) is 5.75 Å². The molecule has 4 aliphatic carbocycles. The van der Waals surface area contributed by atoms with Gasteiger partial charge in [0.2, 0.25) is 0 Å². The van der Waals surface area contributed by atoms with Gasteiger partial charge in [0.25, 0.3) is 0 Å². The summed E-state index contributed by atoms with van der Waals surface area (Å²) in [6, 6.07) is 6.90. The van der Waals surface area contributed by atoms with E-state index in [2.05, 4.69) is 13.8 Å². The lowest BCUT2D eigenvalue weighted by Crippen LogP contribution is -2.66. The van der Waals surface area contributed by atoms with E-state index in [0.717, 1.165) is 0 Å². The van der Waals surface area contributed by atoms with E-state index < -0.39 is 41.8 Å². The predicted molar refractivity (Wildman–Crippen MR) is 137 cm³/mol. The molecule has 1 aromatic rings. The number of carbonyl (C=O) groups is 2. The number of methoxy groups -OCH3 is 1. The van der Waals surface area contributed by atoms with Gasteiger partial charge in [-0.05, 0) is 59.8 Å². The van der Waals surface area contributed by atoms with Gasteiger partial charge in [0.1, 0.15) is 11.9 Å². The normalized spacial score (nSPS) is 39.3. The predicted octanol–water partition coefficient (Wildman–Crippen LogP) is 3.10. The van der Waals surface area contributed by atoms with Crippen LogP contribution < -0.4 is 9.64 Å². The Bertz CT molecular complexity index is 1200. The molecule has 2 bridgehead atoms. The third kappa shape index (κ3) is 3.31. The number of benzene rings is 1. The molecule has 0 heterocycles. The summed E-state index contributed by atoms with van der Waals surface area (Å²) in [6.45, 7) is 7.43. The first kappa shape index (κ1) is 25.9. The Morgan fingerprint density at radius 3 is 2.62 bits per heavy atom. The van der Waals surface area contributed by atoms with Gasteiger partial charge in [-0.15, -0.1) is 0 Å². The molecule has 5 rings (SSSR count). The van der Waals surface area contributed by atoms with Crippen LogP contribution >= 0.6 is 0 Å². The molecule has 1 spiro atoms. The first-order chi connectivity index (χ1) is 17.4. The van der Waals surface area contributed by atoms with Crippen LogP contribution in [0.25, 0.3) is 0 Å². The van der Waals surface area contributed by atoms with E-state index in [1.165, 1.54) is 12.0 Å². The minimum Gasteiger partial charge on any atom is -0.497 e. The number of fused-ring (bicyclic) bond motifs is 3. The standard InChI is InChI=1S/C29H37NO7/c1-15-13-28-16(2)10-21-22(27(21,3)4)20(24(28)33)11-17(14-31)23(32)29(28,35)25(15)37-26(34)30(5)18-8-7-9-19(12-18)36-6/h7-9,11-13,16,20-23,25,31-32,35H,10,14H2,1-6H3/t16-,20+,21-,22+,23-,25+,28+,29+/m1/s1. The lowest BCUT2D eigenvalue weighted by atomic mass is 9.59. The monoisotopic (exact) mass is 511 g/mol. The van der Waals surface area contributed by atoms with Crippen LogP contribution in [-0.2, 0) is 9.53 Å². The van der Waals surface area contributed by atoms with Crippen molar-refractivity contribution in [2.45, 2.75) is 51.9 Å². The van der Waals surface area contributed by atoms with Crippen LogP contribution in [0.5, 0.6) is 5.75 Å². The minimum atomic E-state index is -2.16. The van der Waals surface area contributed by atoms with Gasteiger partial charge in [-0.3, -0.25) is 9.69 Å². The van der Waals surface area contributed by atoms with Crippen molar-refractivity contribution in [3.05, 3.63) is 47.6 Å². The SMILES string of the molecule is COc1cccc(N(C)C(=O)O[C@H]2C(C)=C[C@]34C(=O)[C@@H](C=C(CO)[C@@H](O)[C@]23O)[C@H]2[C@@H](C[C@H]4C)C2(C)C)c1. The molecule has 2 saturated carbocycles. The fourth-order valence-electron chi connectivity index (χ4n) is 7.70. The van der Waals surface area contributed by atoms with Crippen molar-refractivity contribution in [1.82, 2.24) is 0 Å². The summed E-state index contributed by atoms with van der Waals surface area (Å²) in [5.41, 5.74) is -2.47. The number of hydrogen-bond acceptors (Lipinski definition) is 7. The minimum absolute atomic E-state index is 0.0522. The first-order valence-electron chi connectivity index (χ1n) is 12.9. The second-order valence-electron chi connectivity index (χ2n) is 11.9. The van der Waals surface area contributed by atoms with E-state index >= 15 is 0 Å². The third-order valence-corrected chi connectivity index (χ3v) is 9.83. The molecule has 0 aliphatic heterocycles. The number of amides is 1. The van der Waals surface area contributed by atoms with E-state index in [0.29, 0.717) is 23.4 Å². The molecule has 0 radical (unpaired) electrons. The number of aliphatic hydroxyl groups is 3. The van der Waals surface area contributed by atoms with Gasteiger partial charge < -0.3 is 24.8 Å². The molecule has 1 amide bonds. The second kappa shape index (κ2) is 8.41. The Morgan fingerprint density at radius 2 is 1.97 bits per heavy atom. The van der Waals surface area contributed by atoms with Gasteiger partial charge in [0, 0.05) is 19.0 Å². The van der Waals surface area contributed by atoms with Crippen LogP contribution in [0, 0.1) is 34.5 Å². The van der Waals surface area contributed by atoms with E-state index in [4.69, 9.17) is 9.47 Å². The molecule has 0 aromatic heterocycles. The number of rotatable bonds is 4. The van der Waals surface area contributed by atoms with Gasteiger partial charge in [0.15, 0.2) is 17.5 Å². The largest absolute Gasteiger partial charge is 0.497 e. The summed E-state index contributed by atoms with van der Waals surface area (Å²) in [5.74, 6) is -0.140. The van der Waals surface area contributed by atoms with Crippen LogP contribution in [-0.4, -0.2) is 65.8 Å². The molecule has 3 N–H and O–H groups in total. The maximum atomic E-state index is 14.4.